The van der Waals surface area contributed by atoms with Crippen molar-refractivity contribution >= 4 is 32.2 Å². The molecule has 3 N–H and O–H groups in total. The maximum absolute atomic E-state index is 13.2. The van der Waals surface area contributed by atoms with Crippen LogP contribution in [0.4, 0.5) is 10.8 Å². The van der Waals surface area contributed by atoms with Crippen LogP contribution < -0.4 is 14.8 Å². The number of nitrogens with zero attached hydrogens (tertiary/aromatic N) is 1. The van der Waals surface area contributed by atoms with E-state index in [1.807, 2.05) is 31.2 Å². The van der Waals surface area contributed by atoms with Crippen molar-refractivity contribution < 1.29 is 18.3 Å². The molecule has 0 unspecified atom stereocenters. The lowest BCUT2D eigenvalue weighted by molar-refractivity contribution is 0.403. The minimum Gasteiger partial charge on any atom is -0.508 e. The topological polar surface area (TPSA) is 101 Å². The van der Waals surface area contributed by atoms with Crippen molar-refractivity contribution in [2.45, 2.75) is 31.2 Å². The zero-order valence-electron chi connectivity index (χ0n) is 19.9. The number of thiazole rings is 1. The van der Waals surface area contributed by atoms with E-state index in [1.54, 1.807) is 12.1 Å². The summed E-state index contributed by atoms with van der Waals surface area (Å²) in [5, 5.41) is 13.7. The van der Waals surface area contributed by atoms with Gasteiger partial charge in [-0.05, 0) is 74.4 Å². The third-order valence-electron chi connectivity index (χ3n) is 5.55. The number of hydrogen-bond donors (Lipinski definition) is 3. The maximum atomic E-state index is 13.2. The molecule has 0 aliphatic heterocycles. The molecule has 0 saturated heterocycles. The Balaban J connectivity index is 1.67. The van der Waals surface area contributed by atoms with Gasteiger partial charge < -0.3 is 15.2 Å². The molecule has 0 aliphatic rings. The third-order valence-corrected chi connectivity index (χ3v) is 8.07. The number of sulfonamides is 1. The fourth-order valence-corrected chi connectivity index (χ4v) is 6.05. The Labute approximate surface area is 209 Å². The SMILES string of the molecule is COc1ccc(-c2sc(NC(C)(C)c3ccccc3)nc2C)cc1S(=O)(=O)Nc1ccc(O)cc1. The fourth-order valence-electron chi connectivity index (χ4n) is 3.68. The highest BCUT2D eigenvalue weighted by molar-refractivity contribution is 7.92. The van der Waals surface area contributed by atoms with Gasteiger partial charge in [0, 0.05) is 5.69 Å². The smallest absolute Gasteiger partial charge is 0.265 e. The Hall–Kier alpha value is -3.56. The van der Waals surface area contributed by atoms with Crippen LogP contribution in [0, 0.1) is 6.92 Å². The number of aromatic nitrogens is 1. The summed E-state index contributed by atoms with van der Waals surface area (Å²) in [6, 6.07) is 21.0. The van der Waals surface area contributed by atoms with Gasteiger partial charge >= 0.3 is 0 Å². The normalized spacial score (nSPS) is 11.8. The number of anilines is 2. The first-order valence-corrected chi connectivity index (χ1v) is 13.2. The molecule has 0 spiro atoms. The maximum Gasteiger partial charge on any atom is 0.265 e. The first-order valence-electron chi connectivity index (χ1n) is 10.9. The highest BCUT2D eigenvalue weighted by atomic mass is 32.2. The van der Waals surface area contributed by atoms with Gasteiger partial charge in [0.25, 0.3) is 10.0 Å². The Kier molecular flexibility index (Phi) is 6.73. The van der Waals surface area contributed by atoms with Crippen LogP contribution in [0.2, 0.25) is 0 Å². The van der Waals surface area contributed by atoms with Crippen molar-refractivity contribution in [3.8, 4) is 21.9 Å². The molecule has 0 amide bonds. The monoisotopic (exact) mass is 509 g/mol. The van der Waals surface area contributed by atoms with Crippen LogP contribution >= 0.6 is 11.3 Å². The van der Waals surface area contributed by atoms with Crippen molar-refractivity contribution in [3.05, 3.63) is 84.1 Å². The van der Waals surface area contributed by atoms with Crippen molar-refractivity contribution in [1.29, 1.82) is 0 Å². The first-order chi connectivity index (χ1) is 16.6. The minimum absolute atomic E-state index is 0.0116. The quantitative estimate of drug-likeness (QED) is 0.253. The lowest BCUT2D eigenvalue weighted by Gasteiger charge is -2.26. The average Bonchev–Trinajstić information content (AvgIpc) is 3.19. The van der Waals surface area contributed by atoms with E-state index < -0.39 is 10.0 Å². The Morgan fingerprint density at radius 3 is 2.34 bits per heavy atom. The number of aryl methyl sites for hydroxylation is 1. The molecule has 0 atom stereocenters. The van der Waals surface area contributed by atoms with Crippen LogP contribution in [-0.2, 0) is 15.6 Å². The molecular formula is C26H27N3O4S2. The van der Waals surface area contributed by atoms with Gasteiger partial charge in [-0.3, -0.25) is 4.72 Å². The number of hydrogen-bond acceptors (Lipinski definition) is 7. The Morgan fingerprint density at radius 1 is 1.00 bits per heavy atom. The van der Waals surface area contributed by atoms with E-state index in [9.17, 15) is 13.5 Å². The van der Waals surface area contributed by atoms with E-state index in [2.05, 4.69) is 36.0 Å². The second-order valence-corrected chi connectivity index (χ2v) is 11.2. The highest BCUT2D eigenvalue weighted by Gasteiger charge is 2.24. The molecule has 4 rings (SSSR count). The molecular weight excluding hydrogens is 482 g/mol. The molecule has 35 heavy (non-hydrogen) atoms. The highest BCUT2D eigenvalue weighted by Crippen LogP contribution is 2.38. The van der Waals surface area contributed by atoms with Crippen molar-refractivity contribution in [2.24, 2.45) is 0 Å². The number of benzene rings is 3. The summed E-state index contributed by atoms with van der Waals surface area (Å²) in [6.07, 6.45) is 0. The summed E-state index contributed by atoms with van der Waals surface area (Å²) >= 11 is 1.47. The van der Waals surface area contributed by atoms with Gasteiger partial charge in [-0.15, -0.1) is 0 Å². The molecule has 0 saturated carbocycles. The first kappa shape index (κ1) is 24.6. The Bertz CT molecular complexity index is 1430. The summed E-state index contributed by atoms with van der Waals surface area (Å²) in [5.41, 5.74) is 2.64. The molecule has 1 heterocycles. The van der Waals surface area contributed by atoms with Gasteiger partial charge in [-0.1, -0.05) is 41.7 Å². The number of nitrogens with one attached hydrogen (secondary N) is 2. The zero-order valence-corrected chi connectivity index (χ0v) is 21.5. The van der Waals surface area contributed by atoms with Crippen molar-refractivity contribution in [1.82, 2.24) is 4.98 Å². The van der Waals surface area contributed by atoms with E-state index in [0.717, 1.165) is 26.8 Å². The van der Waals surface area contributed by atoms with Crippen LogP contribution in [0.15, 0.2) is 77.7 Å². The summed E-state index contributed by atoms with van der Waals surface area (Å²) in [7, 11) is -2.53. The summed E-state index contributed by atoms with van der Waals surface area (Å²) < 4.78 is 34.3. The number of rotatable bonds is 8. The van der Waals surface area contributed by atoms with E-state index >= 15 is 0 Å². The van der Waals surface area contributed by atoms with Gasteiger partial charge in [-0.2, -0.15) is 0 Å². The Morgan fingerprint density at radius 2 is 1.69 bits per heavy atom. The largest absolute Gasteiger partial charge is 0.508 e. The molecule has 3 aromatic carbocycles. The van der Waals surface area contributed by atoms with Crippen molar-refractivity contribution in [2.75, 3.05) is 17.1 Å². The van der Waals surface area contributed by atoms with Crippen LogP contribution in [-0.4, -0.2) is 25.6 Å². The van der Waals surface area contributed by atoms with E-state index in [-0.39, 0.29) is 21.9 Å². The molecule has 1 aromatic heterocycles. The second-order valence-electron chi connectivity index (χ2n) is 8.57. The van der Waals surface area contributed by atoms with Gasteiger partial charge in [-0.25, -0.2) is 13.4 Å². The molecule has 7 nitrogen and oxygen atoms in total. The van der Waals surface area contributed by atoms with Crippen LogP contribution in [0.3, 0.4) is 0 Å². The lowest BCUT2D eigenvalue weighted by atomic mass is 9.95. The van der Waals surface area contributed by atoms with E-state index in [4.69, 9.17) is 9.72 Å². The number of phenolic OH excluding ortho intramolecular Hbond substituents is 1. The summed E-state index contributed by atoms with van der Waals surface area (Å²) in [4.78, 5) is 5.57. The second kappa shape index (κ2) is 9.59. The number of methoxy groups -OCH3 is 1. The average molecular weight is 510 g/mol. The van der Waals surface area contributed by atoms with Gasteiger partial charge in [0.2, 0.25) is 0 Å². The number of phenols is 1. The van der Waals surface area contributed by atoms with Crippen LogP contribution in [0.25, 0.3) is 10.4 Å². The summed E-state index contributed by atoms with van der Waals surface area (Å²) in [5.74, 6) is 0.277. The van der Waals surface area contributed by atoms with Crippen LogP contribution in [0.1, 0.15) is 25.1 Å². The van der Waals surface area contributed by atoms with Gasteiger partial charge in [0.1, 0.15) is 16.4 Å². The molecule has 0 aliphatic carbocycles. The number of ether oxygens (including phenoxy) is 1. The zero-order chi connectivity index (χ0) is 25.2. The molecule has 9 heteroatoms. The van der Waals surface area contributed by atoms with Gasteiger partial charge in [0.05, 0.1) is 23.2 Å². The van der Waals surface area contributed by atoms with Crippen molar-refractivity contribution in [3.63, 3.8) is 0 Å². The summed E-state index contributed by atoms with van der Waals surface area (Å²) in [6.45, 7) is 6.08. The van der Waals surface area contributed by atoms with Gasteiger partial charge in [0.15, 0.2) is 5.13 Å². The standard InChI is InChI=1S/C26H27N3O4S2/c1-17-24(34-25(27-17)28-26(2,3)19-8-6-5-7-9-19)18-10-15-22(33-4)23(16-18)35(31,32)29-20-11-13-21(30)14-12-20/h5-16,29-30H,1-4H3,(H,27,28). The number of aromatic hydroxyl groups is 1. The minimum atomic E-state index is -3.96. The van der Waals surface area contributed by atoms with E-state index in [1.165, 1.54) is 42.7 Å². The molecule has 4 aromatic rings. The predicted octanol–water partition coefficient (Wildman–Crippen LogP) is 5.98. The fraction of sp³-hybridized carbons (Fsp3) is 0.192. The lowest BCUT2D eigenvalue weighted by Crippen LogP contribution is -2.27. The molecule has 0 radical (unpaired) electrons. The predicted molar refractivity (Wildman–Crippen MR) is 141 cm³/mol. The molecule has 0 fully saturated rings. The molecule has 182 valence electrons. The van der Waals surface area contributed by atoms with E-state index in [0.29, 0.717) is 5.69 Å². The van der Waals surface area contributed by atoms with Crippen LogP contribution in [0.5, 0.6) is 11.5 Å². The third kappa shape index (κ3) is 5.41. The molecule has 0 bridgehead atoms.